The Morgan fingerprint density at radius 2 is 2.08 bits per heavy atom. The molecule has 1 N–H and O–H groups in total. The molecule has 0 unspecified atom stereocenters. The predicted molar refractivity (Wildman–Crippen MR) is 48.6 cm³/mol. The van der Waals surface area contributed by atoms with Crippen LogP contribution in [0.25, 0.3) is 0 Å². The van der Waals surface area contributed by atoms with Gasteiger partial charge < -0.3 is 5.02 Å². The summed E-state index contributed by atoms with van der Waals surface area (Å²) in [6, 6.07) is 3.94. The van der Waals surface area contributed by atoms with E-state index >= 15 is 0 Å². The molecule has 1 aromatic carbocycles. The molecule has 0 heterocycles. The minimum Gasteiger partial charge on any atom is -0.450 e. The van der Waals surface area contributed by atoms with Crippen molar-refractivity contribution >= 4 is 24.5 Å². The van der Waals surface area contributed by atoms with Crippen LogP contribution in [0, 0.1) is 0 Å². The Bertz CT molecular complexity index is 312. The molecule has 1 aromatic rings. The molecule has 0 amide bonds. The van der Waals surface area contributed by atoms with Gasteiger partial charge in [-0.2, -0.15) is 0 Å². The van der Waals surface area contributed by atoms with E-state index in [1.807, 2.05) is 0 Å². The SMILES string of the molecule is CC(F)(F)c1cc([B]O)ccc1Cl. The van der Waals surface area contributed by atoms with Crippen molar-refractivity contribution in [3.05, 3.63) is 28.8 Å². The Kier molecular flexibility index (Phi) is 2.93. The van der Waals surface area contributed by atoms with Crippen molar-refractivity contribution in [3.8, 4) is 0 Å². The first-order valence-electron chi connectivity index (χ1n) is 3.60. The lowest BCUT2D eigenvalue weighted by Gasteiger charge is -2.13. The van der Waals surface area contributed by atoms with Crippen LogP contribution in [0.3, 0.4) is 0 Å². The van der Waals surface area contributed by atoms with Gasteiger partial charge in [-0.3, -0.25) is 0 Å². The Morgan fingerprint density at radius 1 is 1.46 bits per heavy atom. The molecule has 0 aromatic heterocycles. The third kappa shape index (κ3) is 2.42. The second-order valence-electron chi connectivity index (χ2n) is 2.76. The maximum absolute atomic E-state index is 12.9. The van der Waals surface area contributed by atoms with Crippen molar-refractivity contribution in [3.63, 3.8) is 0 Å². The maximum Gasteiger partial charge on any atom is 0.326 e. The summed E-state index contributed by atoms with van der Waals surface area (Å²) >= 11 is 5.56. The number of hydrogen-bond acceptors (Lipinski definition) is 1. The summed E-state index contributed by atoms with van der Waals surface area (Å²) < 4.78 is 25.7. The molecule has 0 fully saturated rings. The molecule has 0 atom stereocenters. The monoisotopic (exact) mass is 203 g/mol. The molecule has 5 heteroatoms. The summed E-state index contributed by atoms with van der Waals surface area (Å²) in [7, 11) is 0.756. The molecule has 0 spiro atoms. The van der Waals surface area contributed by atoms with Crippen LogP contribution < -0.4 is 5.46 Å². The molecule has 1 nitrogen and oxygen atoms in total. The van der Waals surface area contributed by atoms with Gasteiger partial charge in [0.25, 0.3) is 5.92 Å². The molecular formula is C8H7BClF2O. The van der Waals surface area contributed by atoms with Gasteiger partial charge in [0, 0.05) is 17.5 Å². The molecule has 0 saturated carbocycles. The Labute approximate surface area is 80.6 Å². The van der Waals surface area contributed by atoms with Gasteiger partial charge in [-0.1, -0.05) is 29.2 Å². The van der Waals surface area contributed by atoms with Crippen LogP contribution in [-0.4, -0.2) is 12.5 Å². The van der Waals surface area contributed by atoms with Gasteiger partial charge in [-0.15, -0.1) is 0 Å². The molecule has 0 aliphatic carbocycles. The molecule has 0 aliphatic rings. The molecule has 1 radical (unpaired) electrons. The van der Waals surface area contributed by atoms with E-state index in [9.17, 15) is 8.78 Å². The first-order valence-corrected chi connectivity index (χ1v) is 3.98. The van der Waals surface area contributed by atoms with Gasteiger partial charge in [-0.05, 0) is 6.07 Å². The second-order valence-corrected chi connectivity index (χ2v) is 3.16. The molecule has 0 bridgehead atoms. The minimum atomic E-state index is -2.99. The molecule has 13 heavy (non-hydrogen) atoms. The van der Waals surface area contributed by atoms with Crippen molar-refractivity contribution in [2.24, 2.45) is 0 Å². The Balaban J connectivity index is 3.19. The first-order chi connectivity index (χ1) is 5.95. The van der Waals surface area contributed by atoms with Crippen molar-refractivity contribution in [1.82, 2.24) is 0 Å². The zero-order valence-corrected chi connectivity index (χ0v) is 7.65. The lowest BCUT2D eigenvalue weighted by molar-refractivity contribution is 0.0177. The number of rotatable bonds is 2. The predicted octanol–water partition coefficient (Wildman–Crippen LogP) is 1.69. The van der Waals surface area contributed by atoms with Gasteiger partial charge in [0.15, 0.2) is 0 Å². The third-order valence-corrected chi connectivity index (χ3v) is 1.94. The fourth-order valence-electron chi connectivity index (χ4n) is 0.960. The van der Waals surface area contributed by atoms with E-state index in [4.69, 9.17) is 16.6 Å². The highest BCUT2D eigenvalue weighted by molar-refractivity contribution is 6.45. The number of alkyl halides is 2. The maximum atomic E-state index is 12.9. The zero-order valence-electron chi connectivity index (χ0n) is 6.89. The average molecular weight is 203 g/mol. The minimum absolute atomic E-state index is 0.00176. The molecule has 0 aliphatic heterocycles. The Morgan fingerprint density at radius 3 is 2.54 bits per heavy atom. The summed E-state index contributed by atoms with van der Waals surface area (Å²) in [6.45, 7) is 0.759. The average Bonchev–Trinajstić information content (AvgIpc) is 2.03. The largest absolute Gasteiger partial charge is 0.450 e. The number of hydrogen-bond donors (Lipinski definition) is 1. The van der Waals surface area contributed by atoms with Crippen LogP contribution >= 0.6 is 11.6 Å². The van der Waals surface area contributed by atoms with Gasteiger partial charge in [0.2, 0.25) is 0 Å². The van der Waals surface area contributed by atoms with Crippen molar-refractivity contribution < 1.29 is 13.8 Å². The van der Waals surface area contributed by atoms with Crippen LogP contribution in [0.15, 0.2) is 18.2 Å². The van der Waals surface area contributed by atoms with E-state index in [-0.39, 0.29) is 10.6 Å². The third-order valence-electron chi connectivity index (χ3n) is 1.61. The molecular weight excluding hydrogens is 196 g/mol. The second kappa shape index (κ2) is 3.64. The molecule has 0 saturated heterocycles. The highest BCUT2D eigenvalue weighted by Gasteiger charge is 2.27. The lowest BCUT2D eigenvalue weighted by Crippen LogP contribution is -2.18. The standard InChI is InChI=1S/C8H7BClF2O/c1-8(11,12)6-4-5(9-13)2-3-7(6)10/h2-4,13H,1H3. The van der Waals surface area contributed by atoms with Crippen LogP contribution in [0.5, 0.6) is 0 Å². The normalized spacial score (nSPS) is 11.5. The summed E-state index contributed by atoms with van der Waals surface area (Å²) in [5.74, 6) is -2.99. The van der Waals surface area contributed by atoms with Crippen molar-refractivity contribution in [1.29, 1.82) is 0 Å². The van der Waals surface area contributed by atoms with Crippen LogP contribution in [0.1, 0.15) is 12.5 Å². The van der Waals surface area contributed by atoms with E-state index in [2.05, 4.69) is 0 Å². The fraction of sp³-hybridized carbons (Fsp3) is 0.250. The smallest absolute Gasteiger partial charge is 0.326 e. The number of benzene rings is 1. The summed E-state index contributed by atoms with van der Waals surface area (Å²) in [6.07, 6.45) is 0. The fourth-order valence-corrected chi connectivity index (χ4v) is 1.24. The van der Waals surface area contributed by atoms with E-state index in [1.54, 1.807) is 0 Å². The molecule has 69 valence electrons. The van der Waals surface area contributed by atoms with E-state index in [1.165, 1.54) is 12.1 Å². The van der Waals surface area contributed by atoms with E-state index in [0.29, 0.717) is 5.46 Å². The van der Waals surface area contributed by atoms with Gasteiger partial charge in [0.1, 0.15) is 0 Å². The van der Waals surface area contributed by atoms with Crippen LogP contribution in [0.4, 0.5) is 8.78 Å². The quantitative estimate of drug-likeness (QED) is 0.725. The van der Waals surface area contributed by atoms with E-state index in [0.717, 1.165) is 20.5 Å². The lowest BCUT2D eigenvalue weighted by atomic mass is 9.87. The van der Waals surface area contributed by atoms with Crippen molar-refractivity contribution in [2.45, 2.75) is 12.8 Å². The summed E-state index contributed by atoms with van der Waals surface area (Å²) in [5, 5.41) is 8.60. The summed E-state index contributed by atoms with van der Waals surface area (Å²) in [5.41, 5.74) is 0.0258. The van der Waals surface area contributed by atoms with Gasteiger partial charge in [-0.25, -0.2) is 8.78 Å². The van der Waals surface area contributed by atoms with E-state index < -0.39 is 5.92 Å². The van der Waals surface area contributed by atoms with Crippen molar-refractivity contribution in [2.75, 3.05) is 0 Å². The summed E-state index contributed by atoms with van der Waals surface area (Å²) in [4.78, 5) is 0. The van der Waals surface area contributed by atoms with Crippen LogP contribution in [0.2, 0.25) is 5.02 Å². The first kappa shape index (κ1) is 10.5. The topological polar surface area (TPSA) is 20.2 Å². The van der Waals surface area contributed by atoms with Gasteiger partial charge >= 0.3 is 7.48 Å². The van der Waals surface area contributed by atoms with Gasteiger partial charge in [0.05, 0.1) is 0 Å². The highest BCUT2D eigenvalue weighted by Crippen LogP contribution is 2.31. The number of halogens is 3. The highest BCUT2D eigenvalue weighted by atomic mass is 35.5. The van der Waals surface area contributed by atoms with Crippen LogP contribution in [-0.2, 0) is 5.92 Å². The molecule has 1 rings (SSSR count). The Hall–Kier alpha value is -0.605. The zero-order chi connectivity index (χ0) is 10.1.